The monoisotopic (exact) mass is 555 g/mol. The molecular weight excluding hydrogens is 506 g/mol. The zero-order valence-corrected chi connectivity index (χ0v) is 25.4. The molecule has 8 heteroatoms. The highest BCUT2D eigenvalue weighted by Crippen LogP contribution is 2.65. The van der Waals surface area contributed by atoms with Crippen LogP contribution in [-0.2, 0) is 19.1 Å². The van der Waals surface area contributed by atoms with Crippen LogP contribution in [0.3, 0.4) is 0 Å². The average Bonchev–Trinajstić information content (AvgIpc) is 3.34. The fourth-order valence-electron chi connectivity index (χ4n) is 7.94. The van der Waals surface area contributed by atoms with Crippen molar-refractivity contribution < 1.29 is 24.2 Å². The Morgan fingerprint density at radius 2 is 1.70 bits per heavy atom. The Bertz CT molecular complexity index is 1100. The SMILES string of the molecule is CC1CC23O[C@]1(C)[C@@H](C(=O)Nc1ccccc1)[C@H]2C(=O)N(CCCCCCO)C3C(=O)NC(C)(C)CC(C)(C)C. The van der Waals surface area contributed by atoms with Crippen LogP contribution in [0.5, 0.6) is 0 Å². The van der Waals surface area contributed by atoms with Crippen molar-refractivity contribution in [1.82, 2.24) is 10.2 Å². The number of hydrogen-bond donors (Lipinski definition) is 3. The van der Waals surface area contributed by atoms with E-state index < -0.39 is 34.6 Å². The van der Waals surface area contributed by atoms with E-state index in [1.54, 1.807) is 4.90 Å². The maximum atomic E-state index is 14.3. The zero-order valence-electron chi connectivity index (χ0n) is 25.4. The molecule has 3 fully saturated rings. The maximum Gasteiger partial charge on any atom is 0.246 e. The molecule has 2 bridgehead atoms. The van der Waals surface area contributed by atoms with E-state index in [1.165, 1.54) is 0 Å². The smallest absolute Gasteiger partial charge is 0.246 e. The van der Waals surface area contributed by atoms with E-state index in [2.05, 4.69) is 38.3 Å². The molecule has 4 rings (SSSR count). The lowest BCUT2D eigenvalue weighted by molar-refractivity contribution is -0.147. The minimum atomic E-state index is -1.06. The van der Waals surface area contributed by atoms with Crippen LogP contribution in [0.15, 0.2) is 30.3 Å². The van der Waals surface area contributed by atoms with Gasteiger partial charge in [-0.15, -0.1) is 0 Å². The van der Waals surface area contributed by atoms with Gasteiger partial charge in [-0.2, -0.15) is 0 Å². The minimum absolute atomic E-state index is 0.000412. The van der Waals surface area contributed by atoms with Crippen molar-refractivity contribution in [3.8, 4) is 0 Å². The van der Waals surface area contributed by atoms with Gasteiger partial charge < -0.3 is 25.4 Å². The summed E-state index contributed by atoms with van der Waals surface area (Å²) in [5.41, 5.74) is -1.73. The summed E-state index contributed by atoms with van der Waals surface area (Å²) < 4.78 is 6.83. The summed E-state index contributed by atoms with van der Waals surface area (Å²) in [4.78, 5) is 44.0. The third-order valence-electron chi connectivity index (χ3n) is 9.13. The highest BCUT2D eigenvalue weighted by Gasteiger charge is 2.79. The molecule has 8 nitrogen and oxygen atoms in total. The molecule has 3 amide bonds. The second-order valence-electron chi connectivity index (χ2n) is 14.3. The molecule has 0 aliphatic carbocycles. The summed E-state index contributed by atoms with van der Waals surface area (Å²) in [5.74, 6) is -2.05. The fraction of sp³-hybridized carbons (Fsp3) is 0.719. The number of hydrogen-bond acceptors (Lipinski definition) is 5. The second kappa shape index (κ2) is 11.1. The van der Waals surface area contributed by atoms with Crippen molar-refractivity contribution in [3.63, 3.8) is 0 Å². The van der Waals surface area contributed by atoms with Gasteiger partial charge in [-0.25, -0.2) is 0 Å². The number of unbranched alkanes of at least 4 members (excludes halogenated alkanes) is 3. The number of aliphatic hydroxyl groups excluding tert-OH is 1. The van der Waals surface area contributed by atoms with E-state index in [4.69, 9.17) is 9.84 Å². The Morgan fingerprint density at radius 3 is 2.33 bits per heavy atom. The van der Waals surface area contributed by atoms with Crippen LogP contribution in [0, 0.1) is 23.2 Å². The zero-order chi connectivity index (χ0) is 29.5. The Labute approximate surface area is 239 Å². The van der Waals surface area contributed by atoms with E-state index in [-0.39, 0.29) is 35.7 Å². The van der Waals surface area contributed by atoms with Gasteiger partial charge in [-0.05, 0) is 69.9 Å². The standard InChI is InChI=1S/C32H49N3O5/c1-21-19-32-24(23(31(21,7)40-32)26(37)33-22-15-11-10-12-16-22)28(39)35(17-13-8-9-14-18-36)25(32)27(38)34-30(5,6)20-29(2,3)4/h10-12,15-16,21,23-25,36H,8-9,13-14,17-20H2,1-7H3,(H,33,37)(H,34,38)/t21?,23-,24+,25?,31+,32?/m1/s1. The first-order valence-electron chi connectivity index (χ1n) is 14.9. The second-order valence-corrected chi connectivity index (χ2v) is 14.3. The van der Waals surface area contributed by atoms with E-state index in [0.29, 0.717) is 25.1 Å². The quantitative estimate of drug-likeness (QED) is 0.348. The van der Waals surface area contributed by atoms with Gasteiger partial charge >= 0.3 is 0 Å². The van der Waals surface area contributed by atoms with E-state index >= 15 is 0 Å². The highest BCUT2D eigenvalue weighted by atomic mass is 16.5. The molecule has 6 atom stereocenters. The van der Waals surface area contributed by atoms with Gasteiger partial charge in [0, 0.05) is 24.4 Å². The third-order valence-corrected chi connectivity index (χ3v) is 9.13. The number of anilines is 1. The molecular formula is C32H49N3O5. The van der Waals surface area contributed by atoms with Crippen molar-refractivity contribution in [2.24, 2.45) is 23.2 Å². The molecule has 0 aromatic heterocycles. The van der Waals surface area contributed by atoms with Gasteiger partial charge in [0.1, 0.15) is 11.6 Å². The molecule has 3 heterocycles. The molecule has 40 heavy (non-hydrogen) atoms. The van der Waals surface area contributed by atoms with Crippen LogP contribution in [0.1, 0.15) is 87.0 Å². The molecule has 1 spiro atoms. The first-order chi connectivity index (χ1) is 18.7. The summed E-state index contributed by atoms with van der Waals surface area (Å²) in [6, 6.07) is 8.46. The Morgan fingerprint density at radius 1 is 1.05 bits per heavy atom. The van der Waals surface area contributed by atoms with Gasteiger partial charge in [0.2, 0.25) is 17.7 Å². The number of carbonyl (C=O) groups excluding carboxylic acids is 3. The fourth-order valence-corrected chi connectivity index (χ4v) is 7.94. The summed E-state index contributed by atoms with van der Waals surface area (Å²) in [6.07, 6.45) is 4.45. The van der Waals surface area contributed by atoms with E-state index in [1.807, 2.05) is 51.1 Å². The Kier molecular flexibility index (Phi) is 8.46. The molecule has 0 saturated carbocycles. The van der Waals surface area contributed by atoms with Crippen LogP contribution < -0.4 is 10.6 Å². The van der Waals surface area contributed by atoms with Crippen molar-refractivity contribution in [1.29, 1.82) is 0 Å². The summed E-state index contributed by atoms with van der Waals surface area (Å²) in [6.45, 7) is 15.0. The average molecular weight is 556 g/mol. The third kappa shape index (κ3) is 5.67. The number of aliphatic hydroxyl groups is 1. The normalized spacial score (nSPS) is 31.4. The number of benzene rings is 1. The predicted molar refractivity (Wildman–Crippen MR) is 155 cm³/mol. The van der Waals surface area contributed by atoms with Gasteiger partial charge in [0.25, 0.3) is 0 Å². The number of nitrogens with zero attached hydrogens (tertiary/aromatic N) is 1. The summed E-state index contributed by atoms with van der Waals surface area (Å²) in [7, 11) is 0. The van der Waals surface area contributed by atoms with Crippen molar-refractivity contribution in [3.05, 3.63) is 30.3 Å². The minimum Gasteiger partial charge on any atom is -0.396 e. The Hall–Kier alpha value is -2.45. The van der Waals surface area contributed by atoms with Gasteiger partial charge in [0.05, 0.1) is 17.4 Å². The number of para-hydroxylation sites is 1. The molecule has 1 aromatic carbocycles. The lowest BCUT2D eigenvalue weighted by Crippen LogP contribution is -2.59. The van der Waals surface area contributed by atoms with E-state index in [9.17, 15) is 14.4 Å². The summed E-state index contributed by atoms with van der Waals surface area (Å²) in [5, 5.41) is 15.5. The number of fused-ring (bicyclic) bond motifs is 1. The van der Waals surface area contributed by atoms with Crippen LogP contribution in [0.4, 0.5) is 5.69 Å². The number of carbonyl (C=O) groups is 3. The number of nitrogens with one attached hydrogen (secondary N) is 2. The molecule has 3 aliphatic heterocycles. The molecule has 0 radical (unpaired) electrons. The summed E-state index contributed by atoms with van der Waals surface area (Å²) >= 11 is 0. The first kappa shape index (κ1) is 30.5. The van der Waals surface area contributed by atoms with Crippen LogP contribution in [0.2, 0.25) is 0 Å². The number of amides is 3. The van der Waals surface area contributed by atoms with Crippen molar-refractivity contribution in [2.75, 3.05) is 18.5 Å². The van der Waals surface area contributed by atoms with Crippen LogP contribution in [0.25, 0.3) is 0 Å². The molecule has 3 N–H and O–H groups in total. The Balaban J connectivity index is 1.68. The molecule has 3 saturated heterocycles. The largest absolute Gasteiger partial charge is 0.396 e. The number of likely N-dealkylation sites (tertiary alicyclic amines) is 1. The lowest BCUT2D eigenvalue weighted by atomic mass is 9.62. The van der Waals surface area contributed by atoms with Crippen molar-refractivity contribution >= 4 is 23.4 Å². The van der Waals surface area contributed by atoms with Crippen LogP contribution >= 0.6 is 0 Å². The number of rotatable bonds is 11. The first-order valence-corrected chi connectivity index (χ1v) is 14.9. The van der Waals surface area contributed by atoms with Crippen molar-refractivity contribution in [2.45, 2.75) is 110 Å². The topological polar surface area (TPSA) is 108 Å². The molecule has 3 aliphatic rings. The maximum absolute atomic E-state index is 14.3. The van der Waals surface area contributed by atoms with Crippen LogP contribution in [-0.4, -0.2) is 63.7 Å². The van der Waals surface area contributed by atoms with Gasteiger partial charge in [-0.1, -0.05) is 58.7 Å². The van der Waals surface area contributed by atoms with Gasteiger partial charge in [-0.3, -0.25) is 14.4 Å². The van der Waals surface area contributed by atoms with E-state index in [0.717, 1.165) is 25.7 Å². The number of ether oxygens (including phenoxy) is 1. The molecule has 222 valence electrons. The molecule has 1 aromatic rings. The van der Waals surface area contributed by atoms with Gasteiger partial charge in [0.15, 0.2) is 0 Å². The highest BCUT2D eigenvalue weighted by molar-refractivity contribution is 6.02. The lowest BCUT2D eigenvalue weighted by Gasteiger charge is -2.38. The predicted octanol–water partition coefficient (Wildman–Crippen LogP) is 4.52. The molecule has 3 unspecified atom stereocenters.